The Morgan fingerprint density at radius 3 is 2.75 bits per heavy atom. The predicted molar refractivity (Wildman–Crippen MR) is 109 cm³/mol. The number of carbonyl (C=O) groups is 1. The van der Waals surface area contributed by atoms with Crippen molar-refractivity contribution in [1.82, 2.24) is 9.88 Å². The Morgan fingerprint density at radius 2 is 2.04 bits per heavy atom. The summed E-state index contributed by atoms with van der Waals surface area (Å²) < 4.78 is 0. The Bertz CT molecular complexity index is 979. The lowest BCUT2D eigenvalue weighted by Gasteiger charge is -2.74. The number of hydrogen-bond acceptors (Lipinski definition) is 2. The third kappa shape index (κ3) is 2.30. The van der Waals surface area contributed by atoms with Gasteiger partial charge in [-0.2, -0.15) is 0 Å². The number of hydrogen-bond donors (Lipinski definition) is 2. The second-order valence-corrected chi connectivity index (χ2v) is 10.1. The molecular weight excluding hydrogens is 348 g/mol. The van der Waals surface area contributed by atoms with Crippen molar-refractivity contribution in [2.24, 2.45) is 16.7 Å². The number of nitrogens with one attached hydrogen (secondary N) is 1. The van der Waals surface area contributed by atoms with Crippen molar-refractivity contribution in [3.8, 4) is 0 Å². The van der Waals surface area contributed by atoms with Gasteiger partial charge in [0.15, 0.2) is 0 Å². The SMILES string of the molecule is CC1Cc2c([nH]c3ccccc23)C(C23CC(/C=C/C(=O)O)(C2)C3)N1CC1CC1. The van der Waals surface area contributed by atoms with E-state index in [0.29, 0.717) is 17.5 Å². The number of benzene rings is 1. The first-order valence-electron chi connectivity index (χ1n) is 10.8. The van der Waals surface area contributed by atoms with Crippen LogP contribution in [0.3, 0.4) is 0 Å². The van der Waals surface area contributed by atoms with Crippen LogP contribution in [-0.4, -0.2) is 33.5 Å². The van der Waals surface area contributed by atoms with Crippen molar-refractivity contribution in [3.63, 3.8) is 0 Å². The number of nitrogens with zero attached hydrogens (tertiary/aromatic N) is 1. The fourth-order valence-electron chi connectivity index (χ4n) is 6.71. The van der Waals surface area contributed by atoms with Gasteiger partial charge in [0, 0.05) is 35.3 Å². The zero-order valence-corrected chi connectivity index (χ0v) is 16.4. The summed E-state index contributed by atoms with van der Waals surface area (Å²) >= 11 is 0. The highest BCUT2D eigenvalue weighted by Gasteiger charge is 2.71. The van der Waals surface area contributed by atoms with E-state index in [9.17, 15) is 4.79 Å². The highest BCUT2D eigenvalue weighted by atomic mass is 16.4. The Kier molecular flexibility index (Phi) is 3.31. The topological polar surface area (TPSA) is 56.3 Å². The monoisotopic (exact) mass is 376 g/mol. The molecule has 4 saturated carbocycles. The minimum atomic E-state index is -0.821. The number of H-pyrrole nitrogens is 1. The molecule has 7 rings (SSSR count). The van der Waals surface area contributed by atoms with E-state index in [1.54, 1.807) is 0 Å². The molecule has 0 radical (unpaired) electrons. The molecule has 2 aromatic rings. The second-order valence-electron chi connectivity index (χ2n) is 10.1. The van der Waals surface area contributed by atoms with E-state index in [4.69, 9.17) is 5.11 Å². The number of para-hydroxylation sites is 1. The van der Waals surface area contributed by atoms with Crippen LogP contribution in [0.1, 0.15) is 56.3 Å². The lowest BCUT2D eigenvalue weighted by molar-refractivity contribution is -0.222. The average Bonchev–Trinajstić information content (AvgIpc) is 3.34. The Labute approximate surface area is 165 Å². The van der Waals surface area contributed by atoms with Gasteiger partial charge in [0.05, 0.1) is 6.04 Å². The number of aromatic nitrogens is 1. The number of aliphatic carboxylic acids is 1. The first-order chi connectivity index (χ1) is 13.5. The molecule has 28 heavy (non-hydrogen) atoms. The van der Waals surface area contributed by atoms with Gasteiger partial charge in [-0.25, -0.2) is 4.79 Å². The Balaban J connectivity index is 1.39. The zero-order chi connectivity index (χ0) is 19.1. The van der Waals surface area contributed by atoms with Gasteiger partial charge in [-0.3, -0.25) is 4.90 Å². The molecule has 4 fully saturated rings. The molecular formula is C24H28N2O2. The van der Waals surface area contributed by atoms with E-state index < -0.39 is 5.97 Å². The molecule has 2 atom stereocenters. The van der Waals surface area contributed by atoms with E-state index in [1.165, 1.54) is 47.6 Å². The van der Waals surface area contributed by atoms with E-state index in [2.05, 4.69) is 41.1 Å². The lowest BCUT2D eigenvalue weighted by Crippen LogP contribution is -2.67. The summed E-state index contributed by atoms with van der Waals surface area (Å²) in [5.41, 5.74) is 4.72. The first-order valence-corrected chi connectivity index (χ1v) is 10.8. The summed E-state index contributed by atoms with van der Waals surface area (Å²) in [5.74, 6) is 0.0578. The molecule has 0 amide bonds. The Hall–Kier alpha value is -2.07. The average molecular weight is 377 g/mol. The summed E-state index contributed by atoms with van der Waals surface area (Å²) in [5, 5.41) is 10.4. The fourth-order valence-corrected chi connectivity index (χ4v) is 6.71. The van der Waals surface area contributed by atoms with Crippen molar-refractivity contribution in [2.45, 2.75) is 57.5 Å². The van der Waals surface area contributed by atoms with Crippen molar-refractivity contribution in [1.29, 1.82) is 0 Å². The van der Waals surface area contributed by atoms with E-state index in [0.717, 1.165) is 31.6 Å². The van der Waals surface area contributed by atoms with Crippen LogP contribution in [0.4, 0.5) is 0 Å². The standard InChI is InChI=1S/C24H28N2O2/c1-15-10-18-17-4-2-3-5-19(17)25-21(18)22(26(15)11-16-6-7-16)24-12-23(13-24,14-24)9-8-20(27)28/h2-5,8-9,15-16,22,25H,6-7,10-14H2,1H3,(H,27,28)/b9-8+. The Morgan fingerprint density at radius 1 is 1.29 bits per heavy atom. The number of allylic oxidation sites excluding steroid dienone is 1. The summed E-state index contributed by atoms with van der Waals surface area (Å²) in [6.07, 6.45) is 10.6. The minimum absolute atomic E-state index is 0.149. The van der Waals surface area contributed by atoms with Crippen LogP contribution in [-0.2, 0) is 11.2 Å². The van der Waals surface area contributed by atoms with Crippen molar-refractivity contribution >= 4 is 16.9 Å². The van der Waals surface area contributed by atoms with E-state index in [-0.39, 0.29) is 5.41 Å². The van der Waals surface area contributed by atoms with Gasteiger partial charge in [0.2, 0.25) is 0 Å². The number of rotatable bonds is 5. The quantitative estimate of drug-likeness (QED) is 0.745. The van der Waals surface area contributed by atoms with E-state index in [1.807, 2.05) is 6.08 Å². The molecule has 1 aromatic heterocycles. The normalized spacial score (nSPS) is 36.9. The zero-order valence-electron chi connectivity index (χ0n) is 16.4. The summed E-state index contributed by atoms with van der Waals surface area (Å²) in [6.45, 7) is 3.63. The molecule has 2 unspecified atom stereocenters. The van der Waals surface area contributed by atoms with Crippen LogP contribution in [0, 0.1) is 16.7 Å². The summed E-state index contributed by atoms with van der Waals surface area (Å²) in [6, 6.07) is 9.77. The van der Waals surface area contributed by atoms with Gasteiger partial charge in [-0.05, 0) is 73.8 Å². The van der Waals surface area contributed by atoms with Crippen LogP contribution in [0.2, 0.25) is 0 Å². The molecule has 4 aliphatic carbocycles. The van der Waals surface area contributed by atoms with Crippen LogP contribution in [0.5, 0.6) is 0 Å². The second kappa shape index (κ2) is 5.50. The van der Waals surface area contributed by atoms with Gasteiger partial charge >= 0.3 is 5.97 Å². The number of carboxylic acid groups (broad SMARTS) is 1. The third-order valence-electron chi connectivity index (χ3n) is 7.96. The summed E-state index contributed by atoms with van der Waals surface area (Å²) in [4.78, 5) is 17.6. The molecule has 2 heterocycles. The smallest absolute Gasteiger partial charge is 0.327 e. The molecule has 1 aromatic carbocycles. The van der Waals surface area contributed by atoms with Crippen LogP contribution < -0.4 is 0 Å². The van der Waals surface area contributed by atoms with Gasteiger partial charge in [0.1, 0.15) is 0 Å². The van der Waals surface area contributed by atoms with Crippen molar-refractivity contribution < 1.29 is 9.90 Å². The highest BCUT2D eigenvalue weighted by Crippen LogP contribution is 2.79. The largest absolute Gasteiger partial charge is 0.478 e. The molecule has 5 aliphatic rings. The molecule has 2 bridgehead atoms. The highest BCUT2D eigenvalue weighted by molar-refractivity contribution is 5.85. The molecule has 4 heteroatoms. The number of aromatic amines is 1. The summed E-state index contributed by atoms with van der Waals surface area (Å²) in [7, 11) is 0. The van der Waals surface area contributed by atoms with Crippen LogP contribution in [0.25, 0.3) is 10.9 Å². The third-order valence-corrected chi connectivity index (χ3v) is 7.96. The molecule has 4 nitrogen and oxygen atoms in total. The predicted octanol–water partition coefficient (Wildman–Crippen LogP) is 4.68. The van der Waals surface area contributed by atoms with E-state index >= 15 is 0 Å². The number of carboxylic acids is 1. The van der Waals surface area contributed by atoms with Gasteiger partial charge in [-0.15, -0.1) is 0 Å². The molecule has 0 spiro atoms. The molecule has 1 aliphatic heterocycles. The lowest BCUT2D eigenvalue weighted by atomic mass is 9.32. The van der Waals surface area contributed by atoms with Crippen molar-refractivity contribution in [2.75, 3.05) is 6.54 Å². The van der Waals surface area contributed by atoms with Crippen molar-refractivity contribution in [3.05, 3.63) is 47.7 Å². The van der Waals surface area contributed by atoms with Gasteiger partial charge in [0.25, 0.3) is 0 Å². The molecule has 0 saturated heterocycles. The molecule has 146 valence electrons. The maximum absolute atomic E-state index is 11.0. The first kappa shape index (κ1) is 16.8. The van der Waals surface area contributed by atoms with Crippen LogP contribution >= 0.6 is 0 Å². The van der Waals surface area contributed by atoms with Gasteiger partial charge < -0.3 is 10.1 Å². The maximum atomic E-state index is 11.0. The fraction of sp³-hybridized carbons (Fsp3) is 0.542. The molecule has 2 N–H and O–H groups in total. The number of fused-ring (bicyclic) bond motifs is 3. The van der Waals surface area contributed by atoms with Gasteiger partial charge in [-0.1, -0.05) is 24.3 Å². The van der Waals surface area contributed by atoms with Crippen LogP contribution in [0.15, 0.2) is 36.4 Å². The minimum Gasteiger partial charge on any atom is -0.478 e. The maximum Gasteiger partial charge on any atom is 0.327 e.